The van der Waals surface area contributed by atoms with Crippen LogP contribution in [0.1, 0.15) is 44.2 Å². The second-order valence-electron chi connectivity index (χ2n) is 5.53. The predicted octanol–water partition coefficient (Wildman–Crippen LogP) is 2.62. The largest absolute Gasteiger partial charge is 0.481 e. The van der Waals surface area contributed by atoms with Crippen LogP contribution in [0.3, 0.4) is 0 Å². The van der Waals surface area contributed by atoms with Gasteiger partial charge in [-0.1, -0.05) is 19.3 Å². The standard InChI is InChI=1S/C14H21N3O2/c1-11-7-12(17-10-16-11)15-9-14(8-13(18)19)5-3-2-4-6-14/h7,10H,2-6,8-9H2,1H3,(H,18,19)(H,15,16,17). The first-order valence-electron chi connectivity index (χ1n) is 6.84. The van der Waals surface area contributed by atoms with Crippen LogP contribution < -0.4 is 5.32 Å². The molecular formula is C14H21N3O2. The van der Waals surface area contributed by atoms with E-state index in [9.17, 15) is 4.79 Å². The summed E-state index contributed by atoms with van der Waals surface area (Å²) < 4.78 is 0. The Hall–Kier alpha value is -1.65. The third kappa shape index (κ3) is 3.91. The van der Waals surface area contributed by atoms with E-state index in [-0.39, 0.29) is 11.8 Å². The Kier molecular flexibility index (Phi) is 4.35. The molecule has 1 saturated carbocycles. The SMILES string of the molecule is Cc1cc(NCC2(CC(=O)O)CCCCC2)ncn1. The number of anilines is 1. The number of nitrogens with zero attached hydrogens (tertiary/aromatic N) is 2. The van der Waals surface area contributed by atoms with Crippen LogP contribution in [0.2, 0.25) is 0 Å². The molecule has 0 radical (unpaired) electrons. The molecule has 1 aliphatic rings. The Morgan fingerprint density at radius 2 is 2.11 bits per heavy atom. The van der Waals surface area contributed by atoms with Gasteiger partial charge in [0, 0.05) is 18.3 Å². The van der Waals surface area contributed by atoms with Gasteiger partial charge in [0.2, 0.25) is 0 Å². The van der Waals surface area contributed by atoms with Gasteiger partial charge in [-0.2, -0.15) is 0 Å². The smallest absolute Gasteiger partial charge is 0.303 e. The zero-order valence-electron chi connectivity index (χ0n) is 11.4. The second kappa shape index (κ2) is 5.99. The number of aryl methyl sites for hydroxylation is 1. The Morgan fingerprint density at radius 3 is 2.74 bits per heavy atom. The van der Waals surface area contributed by atoms with E-state index in [0.717, 1.165) is 37.2 Å². The van der Waals surface area contributed by atoms with Gasteiger partial charge < -0.3 is 10.4 Å². The number of hydrogen-bond donors (Lipinski definition) is 2. The molecule has 1 aromatic heterocycles. The second-order valence-corrected chi connectivity index (χ2v) is 5.53. The highest BCUT2D eigenvalue weighted by molar-refractivity contribution is 5.67. The molecule has 0 spiro atoms. The lowest BCUT2D eigenvalue weighted by Gasteiger charge is -2.36. The van der Waals surface area contributed by atoms with Crippen LogP contribution in [0, 0.1) is 12.3 Å². The topological polar surface area (TPSA) is 75.1 Å². The van der Waals surface area contributed by atoms with Gasteiger partial charge in [-0.25, -0.2) is 9.97 Å². The van der Waals surface area contributed by atoms with Crippen LogP contribution in [-0.2, 0) is 4.79 Å². The average Bonchev–Trinajstić information content (AvgIpc) is 2.37. The summed E-state index contributed by atoms with van der Waals surface area (Å²) in [5.41, 5.74) is 0.788. The van der Waals surface area contributed by atoms with Crippen molar-refractivity contribution in [1.82, 2.24) is 9.97 Å². The molecule has 104 valence electrons. The first-order valence-corrected chi connectivity index (χ1v) is 6.84. The Balaban J connectivity index is 2.01. The monoisotopic (exact) mass is 263 g/mol. The molecular weight excluding hydrogens is 242 g/mol. The zero-order valence-corrected chi connectivity index (χ0v) is 11.4. The van der Waals surface area contributed by atoms with Crippen molar-refractivity contribution in [1.29, 1.82) is 0 Å². The molecule has 0 unspecified atom stereocenters. The maximum Gasteiger partial charge on any atom is 0.303 e. The normalized spacial score (nSPS) is 17.9. The van der Waals surface area contributed by atoms with E-state index in [2.05, 4.69) is 15.3 Å². The minimum absolute atomic E-state index is 0.122. The molecule has 0 atom stereocenters. The highest BCUT2D eigenvalue weighted by Gasteiger charge is 2.34. The van der Waals surface area contributed by atoms with Gasteiger partial charge in [0.25, 0.3) is 0 Å². The van der Waals surface area contributed by atoms with Crippen molar-refractivity contribution < 1.29 is 9.90 Å². The molecule has 0 amide bonds. The number of carboxylic acids is 1. The van der Waals surface area contributed by atoms with Crippen LogP contribution in [0.5, 0.6) is 0 Å². The third-order valence-electron chi connectivity index (χ3n) is 3.89. The summed E-state index contributed by atoms with van der Waals surface area (Å²) in [6.45, 7) is 2.59. The lowest BCUT2D eigenvalue weighted by molar-refractivity contribution is -0.140. The van der Waals surface area contributed by atoms with E-state index >= 15 is 0 Å². The van der Waals surface area contributed by atoms with Gasteiger partial charge in [-0.05, 0) is 25.2 Å². The zero-order chi connectivity index (χ0) is 13.7. The van der Waals surface area contributed by atoms with Crippen molar-refractivity contribution in [2.75, 3.05) is 11.9 Å². The van der Waals surface area contributed by atoms with Crippen molar-refractivity contribution in [3.05, 3.63) is 18.1 Å². The highest BCUT2D eigenvalue weighted by atomic mass is 16.4. The van der Waals surface area contributed by atoms with E-state index < -0.39 is 5.97 Å². The molecule has 5 heteroatoms. The number of aromatic nitrogens is 2. The fourth-order valence-electron chi connectivity index (χ4n) is 2.87. The van der Waals surface area contributed by atoms with E-state index in [1.807, 2.05) is 13.0 Å². The molecule has 5 nitrogen and oxygen atoms in total. The maximum atomic E-state index is 11.1. The van der Waals surface area contributed by atoms with E-state index in [0.29, 0.717) is 6.54 Å². The van der Waals surface area contributed by atoms with Gasteiger partial charge in [0.1, 0.15) is 12.1 Å². The number of carbonyl (C=O) groups is 1. The number of hydrogen-bond acceptors (Lipinski definition) is 4. The van der Waals surface area contributed by atoms with E-state index in [1.165, 1.54) is 12.7 Å². The number of carboxylic acid groups (broad SMARTS) is 1. The lowest BCUT2D eigenvalue weighted by atomic mass is 9.71. The average molecular weight is 263 g/mol. The number of rotatable bonds is 5. The quantitative estimate of drug-likeness (QED) is 0.854. The summed E-state index contributed by atoms with van der Waals surface area (Å²) >= 11 is 0. The molecule has 19 heavy (non-hydrogen) atoms. The highest BCUT2D eigenvalue weighted by Crippen LogP contribution is 2.39. The molecule has 1 fully saturated rings. The number of aliphatic carboxylic acids is 1. The third-order valence-corrected chi connectivity index (χ3v) is 3.89. The van der Waals surface area contributed by atoms with Gasteiger partial charge >= 0.3 is 5.97 Å². The number of nitrogens with one attached hydrogen (secondary N) is 1. The van der Waals surface area contributed by atoms with E-state index in [1.54, 1.807) is 0 Å². The molecule has 0 bridgehead atoms. The van der Waals surface area contributed by atoms with Crippen LogP contribution in [0.15, 0.2) is 12.4 Å². The first kappa shape index (κ1) is 13.8. The molecule has 1 heterocycles. The first-order chi connectivity index (χ1) is 9.10. The summed E-state index contributed by atoms with van der Waals surface area (Å²) in [5, 5.41) is 12.4. The minimum atomic E-state index is -0.706. The predicted molar refractivity (Wildman–Crippen MR) is 73.0 cm³/mol. The summed E-state index contributed by atoms with van der Waals surface area (Å²) in [4.78, 5) is 19.3. The van der Waals surface area contributed by atoms with Crippen LogP contribution >= 0.6 is 0 Å². The molecule has 0 aliphatic heterocycles. The van der Waals surface area contributed by atoms with Crippen molar-refractivity contribution in [2.45, 2.75) is 45.4 Å². The van der Waals surface area contributed by atoms with Crippen molar-refractivity contribution in [2.24, 2.45) is 5.41 Å². The summed E-state index contributed by atoms with van der Waals surface area (Å²) in [6.07, 6.45) is 7.20. The van der Waals surface area contributed by atoms with Gasteiger partial charge in [-0.3, -0.25) is 4.79 Å². The Labute approximate surface area is 113 Å². The van der Waals surface area contributed by atoms with Gasteiger partial charge in [-0.15, -0.1) is 0 Å². The Morgan fingerprint density at radius 1 is 1.37 bits per heavy atom. The fraction of sp³-hybridized carbons (Fsp3) is 0.643. The van der Waals surface area contributed by atoms with Crippen molar-refractivity contribution >= 4 is 11.8 Å². The fourth-order valence-corrected chi connectivity index (χ4v) is 2.87. The van der Waals surface area contributed by atoms with Crippen LogP contribution in [-0.4, -0.2) is 27.6 Å². The summed E-state index contributed by atoms with van der Waals surface area (Å²) in [6, 6.07) is 1.89. The molecule has 1 aromatic rings. The van der Waals surface area contributed by atoms with E-state index in [4.69, 9.17) is 5.11 Å². The Bertz CT molecular complexity index is 442. The molecule has 1 aliphatic carbocycles. The molecule has 0 aromatic carbocycles. The molecule has 2 rings (SSSR count). The van der Waals surface area contributed by atoms with Gasteiger partial charge in [0.15, 0.2) is 0 Å². The summed E-state index contributed by atoms with van der Waals surface area (Å²) in [5.74, 6) is 0.0744. The summed E-state index contributed by atoms with van der Waals surface area (Å²) in [7, 11) is 0. The van der Waals surface area contributed by atoms with Crippen LogP contribution in [0.4, 0.5) is 5.82 Å². The minimum Gasteiger partial charge on any atom is -0.481 e. The maximum absolute atomic E-state index is 11.1. The molecule has 0 saturated heterocycles. The van der Waals surface area contributed by atoms with Gasteiger partial charge in [0.05, 0.1) is 6.42 Å². The lowest BCUT2D eigenvalue weighted by Crippen LogP contribution is -2.34. The van der Waals surface area contributed by atoms with Crippen molar-refractivity contribution in [3.8, 4) is 0 Å². The van der Waals surface area contributed by atoms with Crippen LogP contribution in [0.25, 0.3) is 0 Å². The molecule has 2 N–H and O–H groups in total. The van der Waals surface area contributed by atoms with Crippen molar-refractivity contribution in [3.63, 3.8) is 0 Å².